The van der Waals surface area contributed by atoms with Gasteiger partial charge >= 0.3 is 0 Å². The van der Waals surface area contributed by atoms with Crippen LogP contribution in [0.5, 0.6) is 0 Å². The van der Waals surface area contributed by atoms with Crippen LogP contribution in [0.2, 0.25) is 0 Å². The number of hydrogen-bond donors (Lipinski definition) is 0. The van der Waals surface area contributed by atoms with Gasteiger partial charge in [0.25, 0.3) is 5.91 Å². The topological polar surface area (TPSA) is 23.6 Å². The van der Waals surface area contributed by atoms with Gasteiger partial charge in [0.1, 0.15) is 0 Å². The summed E-state index contributed by atoms with van der Waals surface area (Å²) in [6.45, 7) is 2.95. The van der Waals surface area contributed by atoms with Gasteiger partial charge in [-0.2, -0.15) is 0 Å². The lowest BCUT2D eigenvalue weighted by molar-refractivity contribution is 0.0793. The van der Waals surface area contributed by atoms with Crippen molar-refractivity contribution in [3.05, 3.63) is 29.8 Å². The molecule has 0 spiro atoms. The van der Waals surface area contributed by atoms with Crippen LogP contribution >= 0.6 is 0 Å². The van der Waals surface area contributed by atoms with Crippen LogP contribution in [0.15, 0.2) is 24.3 Å². The number of carbonyl (C=O) groups is 1. The monoisotopic (exact) mass is 234 g/mol. The molecule has 0 fully saturated rings. The van der Waals surface area contributed by atoms with Crippen molar-refractivity contribution in [3.8, 4) is 0 Å². The number of rotatable bonds is 5. The summed E-state index contributed by atoms with van der Waals surface area (Å²) < 4.78 is 0. The molecule has 0 bridgehead atoms. The summed E-state index contributed by atoms with van der Waals surface area (Å²) in [5.41, 5.74) is 1.81. The number of amides is 1. The Labute approximate surface area is 104 Å². The molecule has 0 heterocycles. The minimum absolute atomic E-state index is 0.0992. The zero-order chi connectivity index (χ0) is 12.8. The van der Waals surface area contributed by atoms with Crippen molar-refractivity contribution in [3.63, 3.8) is 0 Å². The van der Waals surface area contributed by atoms with Crippen LogP contribution in [0.25, 0.3) is 0 Å². The quantitative estimate of drug-likeness (QED) is 0.782. The molecule has 0 aromatic heterocycles. The van der Waals surface area contributed by atoms with Crippen LogP contribution in [-0.4, -0.2) is 38.5 Å². The van der Waals surface area contributed by atoms with E-state index in [1.807, 2.05) is 50.3 Å². The summed E-state index contributed by atoms with van der Waals surface area (Å²) in [6, 6.07) is 7.74. The van der Waals surface area contributed by atoms with E-state index in [0.29, 0.717) is 0 Å². The average molecular weight is 234 g/mol. The van der Waals surface area contributed by atoms with Crippen molar-refractivity contribution in [2.75, 3.05) is 32.6 Å². The zero-order valence-corrected chi connectivity index (χ0v) is 11.2. The predicted molar refractivity (Wildman–Crippen MR) is 72.6 cm³/mol. The molecule has 3 nitrogen and oxygen atoms in total. The lowest BCUT2D eigenvalue weighted by Crippen LogP contribution is -2.27. The van der Waals surface area contributed by atoms with E-state index in [1.165, 1.54) is 0 Å². The molecule has 0 unspecified atom stereocenters. The molecule has 94 valence electrons. The molecule has 0 aliphatic rings. The third-order valence-electron chi connectivity index (χ3n) is 2.80. The van der Waals surface area contributed by atoms with E-state index in [-0.39, 0.29) is 5.91 Å². The standard InChI is InChI=1S/C14H22N2O/c1-5-6-10-16(4)14(17)12-8-7-9-13(11-12)15(2)3/h7-9,11H,5-6,10H2,1-4H3. The van der Waals surface area contributed by atoms with Gasteiger partial charge in [-0.05, 0) is 24.6 Å². The second kappa shape index (κ2) is 6.28. The van der Waals surface area contributed by atoms with Gasteiger partial charge in [-0.3, -0.25) is 4.79 Å². The molecule has 17 heavy (non-hydrogen) atoms. The van der Waals surface area contributed by atoms with Gasteiger partial charge in [0.15, 0.2) is 0 Å². The molecule has 1 amide bonds. The molecule has 0 radical (unpaired) electrons. The van der Waals surface area contributed by atoms with Crippen LogP contribution in [0.3, 0.4) is 0 Å². The van der Waals surface area contributed by atoms with E-state index in [4.69, 9.17) is 0 Å². The normalized spacial score (nSPS) is 10.1. The molecular weight excluding hydrogens is 212 g/mol. The van der Waals surface area contributed by atoms with Gasteiger partial charge in [-0.15, -0.1) is 0 Å². The molecule has 0 aliphatic carbocycles. The zero-order valence-electron chi connectivity index (χ0n) is 11.2. The molecule has 0 saturated carbocycles. The summed E-state index contributed by atoms with van der Waals surface area (Å²) in [5, 5.41) is 0. The van der Waals surface area contributed by atoms with Crippen molar-refractivity contribution < 1.29 is 4.79 Å². The van der Waals surface area contributed by atoms with Crippen molar-refractivity contribution >= 4 is 11.6 Å². The maximum Gasteiger partial charge on any atom is 0.253 e. The molecule has 1 aromatic rings. The maximum atomic E-state index is 12.1. The molecule has 1 rings (SSSR count). The lowest BCUT2D eigenvalue weighted by atomic mass is 10.1. The fraction of sp³-hybridized carbons (Fsp3) is 0.500. The molecule has 3 heteroatoms. The van der Waals surface area contributed by atoms with Crippen LogP contribution in [0.4, 0.5) is 5.69 Å². The molecule has 0 aliphatic heterocycles. The third kappa shape index (κ3) is 3.77. The third-order valence-corrected chi connectivity index (χ3v) is 2.80. The van der Waals surface area contributed by atoms with Gasteiger partial charge in [0.2, 0.25) is 0 Å². The Morgan fingerprint density at radius 3 is 2.53 bits per heavy atom. The number of nitrogens with zero attached hydrogens (tertiary/aromatic N) is 2. The Morgan fingerprint density at radius 1 is 1.24 bits per heavy atom. The highest BCUT2D eigenvalue weighted by Gasteiger charge is 2.11. The molecule has 0 N–H and O–H groups in total. The van der Waals surface area contributed by atoms with Gasteiger partial charge in [0.05, 0.1) is 0 Å². The van der Waals surface area contributed by atoms with E-state index >= 15 is 0 Å². The number of anilines is 1. The smallest absolute Gasteiger partial charge is 0.253 e. The summed E-state index contributed by atoms with van der Waals surface area (Å²) >= 11 is 0. The number of unbranched alkanes of at least 4 members (excludes halogenated alkanes) is 1. The summed E-state index contributed by atoms with van der Waals surface area (Å²) in [5.74, 6) is 0.0992. The lowest BCUT2D eigenvalue weighted by Gasteiger charge is -2.18. The van der Waals surface area contributed by atoms with Gasteiger partial charge in [0, 0.05) is 38.9 Å². The van der Waals surface area contributed by atoms with E-state index in [0.717, 1.165) is 30.6 Å². The minimum Gasteiger partial charge on any atom is -0.378 e. The second-order valence-electron chi connectivity index (χ2n) is 4.53. The Bertz CT molecular complexity index is 374. The summed E-state index contributed by atoms with van der Waals surface area (Å²) in [6.07, 6.45) is 2.16. The van der Waals surface area contributed by atoms with Gasteiger partial charge < -0.3 is 9.80 Å². The molecule has 1 aromatic carbocycles. The first-order chi connectivity index (χ1) is 8.06. The SMILES string of the molecule is CCCCN(C)C(=O)c1cccc(N(C)C)c1. The maximum absolute atomic E-state index is 12.1. The summed E-state index contributed by atoms with van der Waals surface area (Å²) in [7, 11) is 5.81. The van der Waals surface area contributed by atoms with Crippen molar-refractivity contribution in [1.29, 1.82) is 0 Å². The first kappa shape index (κ1) is 13.6. The van der Waals surface area contributed by atoms with Crippen LogP contribution in [0, 0.1) is 0 Å². The number of carbonyl (C=O) groups excluding carboxylic acids is 1. The van der Waals surface area contributed by atoms with Crippen molar-refractivity contribution in [1.82, 2.24) is 4.90 Å². The highest BCUT2D eigenvalue weighted by molar-refractivity contribution is 5.95. The van der Waals surface area contributed by atoms with Gasteiger partial charge in [-0.1, -0.05) is 19.4 Å². The predicted octanol–water partition coefficient (Wildman–Crippen LogP) is 2.62. The van der Waals surface area contributed by atoms with Crippen molar-refractivity contribution in [2.45, 2.75) is 19.8 Å². The van der Waals surface area contributed by atoms with Crippen molar-refractivity contribution in [2.24, 2.45) is 0 Å². The Balaban J connectivity index is 2.78. The molecule has 0 atom stereocenters. The summed E-state index contributed by atoms with van der Waals surface area (Å²) in [4.78, 5) is 15.9. The van der Waals surface area contributed by atoms with Crippen LogP contribution in [-0.2, 0) is 0 Å². The largest absolute Gasteiger partial charge is 0.378 e. The minimum atomic E-state index is 0.0992. The Hall–Kier alpha value is -1.51. The average Bonchev–Trinajstić information content (AvgIpc) is 2.35. The Morgan fingerprint density at radius 2 is 1.94 bits per heavy atom. The molecular formula is C14H22N2O. The fourth-order valence-corrected chi connectivity index (χ4v) is 1.63. The van der Waals surface area contributed by atoms with E-state index < -0.39 is 0 Å². The number of hydrogen-bond acceptors (Lipinski definition) is 2. The van der Waals surface area contributed by atoms with E-state index in [1.54, 1.807) is 4.90 Å². The van der Waals surface area contributed by atoms with Gasteiger partial charge in [-0.25, -0.2) is 0 Å². The highest BCUT2D eigenvalue weighted by Crippen LogP contribution is 2.14. The fourth-order valence-electron chi connectivity index (χ4n) is 1.63. The van der Waals surface area contributed by atoms with E-state index in [9.17, 15) is 4.79 Å². The first-order valence-corrected chi connectivity index (χ1v) is 6.09. The molecule has 0 saturated heterocycles. The second-order valence-corrected chi connectivity index (χ2v) is 4.53. The van der Waals surface area contributed by atoms with E-state index in [2.05, 4.69) is 6.92 Å². The van der Waals surface area contributed by atoms with Crippen LogP contribution < -0.4 is 4.90 Å². The van der Waals surface area contributed by atoms with Crippen LogP contribution in [0.1, 0.15) is 30.1 Å². The highest BCUT2D eigenvalue weighted by atomic mass is 16.2. The first-order valence-electron chi connectivity index (χ1n) is 6.09. The Kier molecular flexibility index (Phi) is 5.01. The number of benzene rings is 1.